The number of nitrogens with two attached hydrogens (primary N) is 1. The highest BCUT2D eigenvalue weighted by Gasteiger charge is 2.38. The summed E-state index contributed by atoms with van der Waals surface area (Å²) in [7, 11) is 0. The van der Waals surface area contributed by atoms with Crippen LogP contribution in [0.4, 0.5) is 10.2 Å². The van der Waals surface area contributed by atoms with Crippen molar-refractivity contribution < 1.29 is 37.7 Å². The summed E-state index contributed by atoms with van der Waals surface area (Å²) in [5.74, 6) is -1.41. The molecule has 18 heteroatoms. The number of esters is 2. The molecule has 314 valence electrons. The third-order valence-electron chi connectivity index (χ3n) is 9.25. The van der Waals surface area contributed by atoms with Crippen molar-refractivity contribution in [2.75, 3.05) is 24.7 Å². The number of aromatic nitrogens is 4. The Hall–Kier alpha value is -4.03. The van der Waals surface area contributed by atoms with Crippen molar-refractivity contribution in [1.82, 2.24) is 24.4 Å². The smallest absolute Gasteiger partial charge is 0.351 e. The van der Waals surface area contributed by atoms with Crippen molar-refractivity contribution in [3.05, 3.63) is 55.8 Å². The summed E-state index contributed by atoms with van der Waals surface area (Å²) in [4.78, 5) is 80.3. The third-order valence-corrected chi connectivity index (χ3v) is 10.3. The number of hydrogen-bond acceptors (Lipinski definition) is 13. The van der Waals surface area contributed by atoms with Crippen LogP contribution in [0.15, 0.2) is 38.9 Å². The molecule has 2 saturated heterocycles. The molecule has 2 aliphatic heterocycles. The second-order valence-corrected chi connectivity index (χ2v) is 14.7. The predicted molar refractivity (Wildman–Crippen MR) is 210 cm³/mol. The van der Waals surface area contributed by atoms with Crippen LogP contribution in [-0.4, -0.2) is 79.7 Å². The summed E-state index contributed by atoms with van der Waals surface area (Å²) in [6.45, 7) is 5.58. The normalized spacial score (nSPS) is 20.8. The summed E-state index contributed by atoms with van der Waals surface area (Å²) in [5.41, 5.74) is 3.04. The molecule has 56 heavy (non-hydrogen) atoms. The number of ether oxygens (including phenoxy) is 4. The Morgan fingerprint density at radius 3 is 2.25 bits per heavy atom. The fraction of sp³-hybridized carbons (Fsp3) is 0.711. The average molecular weight is 811 g/mol. The zero-order chi connectivity index (χ0) is 40.9. The van der Waals surface area contributed by atoms with E-state index in [1.54, 1.807) is 0 Å². The van der Waals surface area contributed by atoms with E-state index in [0.29, 0.717) is 12.2 Å². The molecule has 2 aliphatic rings. The van der Waals surface area contributed by atoms with E-state index < -0.39 is 71.7 Å². The number of anilines is 1. The number of aromatic amines is 1. The van der Waals surface area contributed by atoms with Crippen LogP contribution >= 0.6 is 11.8 Å². The molecular formula is C38H59FN6O10S. The predicted octanol–water partition coefficient (Wildman–Crippen LogP) is 4.67. The van der Waals surface area contributed by atoms with Gasteiger partial charge in [-0.05, 0) is 18.9 Å². The molecule has 6 atom stereocenters. The Bertz CT molecular complexity index is 1690. The van der Waals surface area contributed by atoms with Gasteiger partial charge >= 0.3 is 23.3 Å². The Morgan fingerprint density at radius 2 is 1.59 bits per heavy atom. The molecule has 2 fully saturated rings. The topological polar surface area (TPSA) is 216 Å². The first-order chi connectivity index (χ1) is 27.0. The summed E-state index contributed by atoms with van der Waals surface area (Å²) in [6, 6.07) is 1.42. The van der Waals surface area contributed by atoms with Gasteiger partial charge < -0.3 is 30.0 Å². The number of nitrogen functional groups attached to an aromatic ring is 1. The highest BCUT2D eigenvalue weighted by molar-refractivity contribution is 8.00. The van der Waals surface area contributed by atoms with E-state index in [2.05, 4.69) is 22.2 Å². The number of carbonyl (C=O) groups is 3. The number of nitrogens with one attached hydrogen (secondary N) is 2. The van der Waals surface area contributed by atoms with Crippen LogP contribution in [0, 0.1) is 0 Å². The molecule has 0 bridgehead atoms. The minimum Gasteiger partial charge on any atom is -0.463 e. The molecule has 0 unspecified atom stereocenters. The highest BCUT2D eigenvalue weighted by Crippen LogP contribution is 2.32. The Balaban J connectivity index is 0.00000414. The number of hydrogen-bond donors (Lipinski definition) is 3. The van der Waals surface area contributed by atoms with Crippen molar-refractivity contribution in [3.63, 3.8) is 0 Å². The van der Waals surface area contributed by atoms with Crippen LogP contribution in [-0.2, 0) is 33.3 Å². The van der Waals surface area contributed by atoms with Gasteiger partial charge in [-0.1, -0.05) is 85.0 Å². The quantitative estimate of drug-likeness (QED) is 0.103. The van der Waals surface area contributed by atoms with E-state index in [4.69, 9.17) is 24.7 Å². The van der Waals surface area contributed by atoms with E-state index in [1.807, 2.05) is 13.8 Å². The largest absolute Gasteiger partial charge is 0.463 e. The lowest BCUT2D eigenvalue weighted by molar-refractivity contribution is -0.153. The monoisotopic (exact) mass is 810 g/mol. The molecule has 0 saturated carbocycles. The fourth-order valence-electron chi connectivity index (χ4n) is 6.21. The van der Waals surface area contributed by atoms with Crippen LogP contribution in [0.25, 0.3) is 0 Å². The van der Waals surface area contributed by atoms with Crippen LogP contribution in [0.2, 0.25) is 0 Å². The maximum Gasteiger partial charge on any atom is 0.351 e. The molecule has 0 spiro atoms. The number of rotatable bonds is 23. The fourth-order valence-corrected chi connectivity index (χ4v) is 7.20. The summed E-state index contributed by atoms with van der Waals surface area (Å²) >= 11 is 1.33. The standard InChI is InChI=1S/C36H53FN6O10S.C2H6/c1-2-3-4-5-6-7-8-9-10-11-12-13-28(44)39-25(34(47)51-22-33-53-31(23-54-33)43-18-16-27(38)40-35(43)48)14-15-32(46)50-21-26-24(37)20-30(52-26)42-19-17-29(45)41-36(42)49;1-2/h16-19,24-26,30-31,33H,2-15,20-23H2,1H3,(H,39,44)(H2,38,40,48)(H,41,45,49);1-2H3/t24-,25-,26+,30+,31-,33+;/m0./s1. The summed E-state index contributed by atoms with van der Waals surface area (Å²) < 4.78 is 39.3. The number of halogens is 1. The van der Waals surface area contributed by atoms with Crippen LogP contribution in [0.3, 0.4) is 0 Å². The maximum absolute atomic E-state index is 14.7. The van der Waals surface area contributed by atoms with Gasteiger partial charge in [-0.25, -0.2) is 18.8 Å². The molecule has 16 nitrogen and oxygen atoms in total. The van der Waals surface area contributed by atoms with E-state index in [0.717, 1.165) is 29.9 Å². The van der Waals surface area contributed by atoms with Gasteiger partial charge in [-0.15, -0.1) is 11.8 Å². The molecule has 0 aromatic carbocycles. The molecular weight excluding hydrogens is 752 g/mol. The number of thioether (sulfide) groups is 1. The van der Waals surface area contributed by atoms with Gasteiger partial charge in [0, 0.05) is 43.5 Å². The number of alkyl halides is 1. The van der Waals surface area contributed by atoms with Crippen molar-refractivity contribution in [1.29, 1.82) is 0 Å². The molecule has 1 amide bonds. The minimum atomic E-state index is -1.55. The van der Waals surface area contributed by atoms with Gasteiger partial charge in [-0.2, -0.15) is 4.98 Å². The van der Waals surface area contributed by atoms with E-state index in [9.17, 15) is 33.2 Å². The van der Waals surface area contributed by atoms with Gasteiger partial charge in [0.15, 0.2) is 0 Å². The van der Waals surface area contributed by atoms with Crippen LogP contribution in [0.1, 0.15) is 130 Å². The molecule has 4 N–H and O–H groups in total. The number of H-pyrrole nitrogens is 1. The second kappa shape index (κ2) is 25.3. The van der Waals surface area contributed by atoms with Crippen LogP contribution < -0.4 is 28.0 Å². The number of nitrogens with zero attached hydrogens (tertiary/aromatic N) is 3. The van der Waals surface area contributed by atoms with Crippen LogP contribution in [0.5, 0.6) is 0 Å². The summed E-state index contributed by atoms with van der Waals surface area (Å²) in [5, 5.41) is 2.69. The number of amides is 1. The average Bonchev–Trinajstić information content (AvgIpc) is 3.80. The Kier molecular flexibility index (Phi) is 20.9. The zero-order valence-corrected chi connectivity index (χ0v) is 33.6. The first kappa shape index (κ1) is 46.4. The van der Waals surface area contributed by atoms with Gasteiger partial charge in [0.05, 0.1) is 0 Å². The lowest BCUT2D eigenvalue weighted by Gasteiger charge is -2.20. The zero-order valence-electron chi connectivity index (χ0n) is 32.8. The van der Waals surface area contributed by atoms with Crippen molar-refractivity contribution in [3.8, 4) is 0 Å². The Morgan fingerprint density at radius 1 is 0.929 bits per heavy atom. The molecule has 2 aromatic heterocycles. The van der Waals surface area contributed by atoms with E-state index in [-0.39, 0.29) is 44.0 Å². The van der Waals surface area contributed by atoms with Gasteiger partial charge in [0.2, 0.25) is 5.91 Å². The van der Waals surface area contributed by atoms with Crippen molar-refractivity contribution >= 4 is 35.4 Å². The lowest BCUT2D eigenvalue weighted by atomic mass is 10.0. The van der Waals surface area contributed by atoms with E-state index in [1.165, 1.54) is 79.7 Å². The van der Waals surface area contributed by atoms with E-state index >= 15 is 0 Å². The van der Waals surface area contributed by atoms with Crippen molar-refractivity contribution in [2.45, 2.75) is 153 Å². The highest BCUT2D eigenvalue weighted by atomic mass is 32.2. The van der Waals surface area contributed by atoms with Gasteiger partial charge in [-0.3, -0.25) is 28.5 Å². The Labute approximate surface area is 330 Å². The maximum atomic E-state index is 14.7. The van der Waals surface area contributed by atoms with Gasteiger partial charge in [0.1, 0.15) is 55.2 Å². The molecule has 0 aliphatic carbocycles. The number of carbonyl (C=O) groups excluding carboxylic acids is 3. The third kappa shape index (κ3) is 15.8. The summed E-state index contributed by atoms with van der Waals surface area (Å²) in [6.07, 6.45) is 10.3. The minimum absolute atomic E-state index is 0.0839. The van der Waals surface area contributed by atoms with Crippen molar-refractivity contribution in [2.24, 2.45) is 0 Å². The second-order valence-electron chi connectivity index (χ2n) is 13.6. The van der Waals surface area contributed by atoms with Gasteiger partial charge in [0.25, 0.3) is 5.56 Å². The lowest BCUT2D eigenvalue weighted by Crippen LogP contribution is -2.42. The molecule has 2 aromatic rings. The molecule has 4 rings (SSSR count). The first-order valence-electron chi connectivity index (χ1n) is 19.9. The number of unbranched alkanes of at least 4 members (excludes halogenated alkanes) is 10. The first-order valence-corrected chi connectivity index (χ1v) is 20.9. The molecule has 0 radical (unpaired) electrons. The molecule has 4 heterocycles. The SMILES string of the molecule is CC.CCCCCCCCCCCCCC(=O)N[C@@H](CCC(=O)OC[C@H]1O[C@@H](n2ccc(=O)[nH]c2=O)C[C@@H]1F)C(=O)OC[C@@H]1O[C@H](n2ccc(N)nc2=O)CS1.